The van der Waals surface area contributed by atoms with Crippen molar-refractivity contribution in [2.45, 2.75) is 39.4 Å². The maximum Gasteiger partial charge on any atom is 0.302 e. The van der Waals surface area contributed by atoms with Crippen LogP contribution in [0.25, 0.3) is 0 Å². The van der Waals surface area contributed by atoms with E-state index < -0.39 is 0 Å². The molecule has 0 rings (SSSR count). The molecule has 4 heteroatoms. The molecule has 0 aromatic rings. The molecule has 11 heavy (non-hydrogen) atoms. The van der Waals surface area contributed by atoms with E-state index in [1.165, 1.54) is 6.92 Å². The number of esters is 1. The van der Waals surface area contributed by atoms with Crippen LogP contribution < -0.4 is 0 Å². The summed E-state index contributed by atoms with van der Waals surface area (Å²) >= 11 is 0. The van der Waals surface area contributed by atoms with E-state index in [9.17, 15) is 4.79 Å². The molecule has 0 aromatic carbocycles. The van der Waals surface area contributed by atoms with Gasteiger partial charge in [0.2, 0.25) is 0 Å². The second-order valence-corrected chi connectivity index (χ2v) is 3.47. The molecule has 0 aliphatic heterocycles. The van der Waals surface area contributed by atoms with Crippen LogP contribution in [-0.4, -0.2) is 28.2 Å². The first-order valence-electron chi connectivity index (χ1n) is 3.62. The van der Waals surface area contributed by atoms with Crippen molar-refractivity contribution < 1.29 is 14.0 Å². The van der Waals surface area contributed by atoms with Crippen LogP contribution >= 0.6 is 0 Å². The molecule has 0 fully saturated rings. The van der Waals surface area contributed by atoms with Gasteiger partial charge >= 0.3 is 5.97 Å². The third kappa shape index (κ3) is 3.53. The Labute approximate surface area is 70.6 Å². The zero-order chi connectivity index (χ0) is 9.07. The molecular weight excluding hydrogens is 160 g/mol. The minimum Gasteiger partial charge on any atom is -0.460 e. The predicted molar refractivity (Wildman–Crippen MR) is 46.3 cm³/mol. The minimum atomic E-state index is -0.349. The molecule has 0 heterocycles. The first-order chi connectivity index (χ1) is 4.90. The Morgan fingerprint density at radius 3 is 2.27 bits per heavy atom. The SMILES string of the molecule is CC(=O)OC(C)C(C)(C)O[SiH3]. The Morgan fingerprint density at radius 2 is 2.00 bits per heavy atom. The molecular formula is C7H16O3Si. The van der Waals surface area contributed by atoms with Crippen LogP contribution in [0.2, 0.25) is 0 Å². The Kier molecular flexibility index (Phi) is 3.75. The van der Waals surface area contributed by atoms with E-state index in [4.69, 9.17) is 9.16 Å². The molecule has 0 saturated heterocycles. The summed E-state index contributed by atoms with van der Waals surface area (Å²) < 4.78 is 10.2. The summed E-state index contributed by atoms with van der Waals surface area (Å²) in [7, 11) is 0.654. The van der Waals surface area contributed by atoms with E-state index in [-0.39, 0.29) is 17.7 Å². The zero-order valence-corrected chi connectivity index (χ0v) is 9.80. The second-order valence-electron chi connectivity index (χ2n) is 3.06. The smallest absolute Gasteiger partial charge is 0.302 e. The lowest BCUT2D eigenvalue weighted by atomic mass is 10.0. The van der Waals surface area contributed by atoms with Crippen molar-refractivity contribution in [1.82, 2.24) is 0 Å². The van der Waals surface area contributed by atoms with Gasteiger partial charge < -0.3 is 9.16 Å². The molecule has 1 unspecified atom stereocenters. The fourth-order valence-electron chi connectivity index (χ4n) is 0.557. The summed E-state index contributed by atoms with van der Waals surface area (Å²) in [6.45, 7) is 7.06. The Balaban J connectivity index is 4.01. The molecule has 66 valence electrons. The van der Waals surface area contributed by atoms with Crippen LogP contribution in [0, 0.1) is 0 Å². The second kappa shape index (κ2) is 3.87. The Bertz CT molecular complexity index is 145. The first kappa shape index (κ1) is 10.6. The summed E-state index contributed by atoms with van der Waals surface area (Å²) in [6.07, 6.45) is -0.183. The third-order valence-corrected chi connectivity index (χ3v) is 2.90. The number of rotatable bonds is 3. The lowest BCUT2D eigenvalue weighted by Gasteiger charge is -2.30. The van der Waals surface area contributed by atoms with Crippen molar-refractivity contribution in [1.29, 1.82) is 0 Å². The molecule has 0 aliphatic rings. The largest absolute Gasteiger partial charge is 0.460 e. The van der Waals surface area contributed by atoms with Crippen LogP contribution in [0.4, 0.5) is 0 Å². The number of carbonyl (C=O) groups is 1. The van der Waals surface area contributed by atoms with E-state index >= 15 is 0 Å². The van der Waals surface area contributed by atoms with Gasteiger partial charge in [-0.25, -0.2) is 0 Å². The van der Waals surface area contributed by atoms with Crippen molar-refractivity contribution in [3.8, 4) is 0 Å². The fraction of sp³-hybridized carbons (Fsp3) is 0.857. The van der Waals surface area contributed by atoms with Crippen LogP contribution in [0.3, 0.4) is 0 Å². The average molecular weight is 176 g/mol. The highest BCUT2D eigenvalue weighted by Crippen LogP contribution is 2.15. The van der Waals surface area contributed by atoms with Gasteiger partial charge in [-0.3, -0.25) is 4.79 Å². The van der Waals surface area contributed by atoms with Crippen molar-refractivity contribution in [3.63, 3.8) is 0 Å². The van der Waals surface area contributed by atoms with E-state index in [0.717, 1.165) is 0 Å². The van der Waals surface area contributed by atoms with Gasteiger partial charge in [0.1, 0.15) is 16.6 Å². The van der Waals surface area contributed by atoms with Crippen LogP contribution in [-0.2, 0) is 14.0 Å². The monoisotopic (exact) mass is 176 g/mol. The van der Waals surface area contributed by atoms with E-state index in [2.05, 4.69) is 0 Å². The van der Waals surface area contributed by atoms with Gasteiger partial charge in [-0.1, -0.05) is 0 Å². The summed E-state index contributed by atoms with van der Waals surface area (Å²) in [6, 6.07) is 0. The van der Waals surface area contributed by atoms with E-state index in [0.29, 0.717) is 10.5 Å². The quantitative estimate of drug-likeness (QED) is 0.449. The molecule has 0 saturated carbocycles. The predicted octanol–water partition coefficient (Wildman–Crippen LogP) is 0.0136. The molecule has 0 radical (unpaired) electrons. The summed E-state index contributed by atoms with van der Waals surface area (Å²) in [5.41, 5.74) is -0.349. The number of hydrogen-bond acceptors (Lipinski definition) is 3. The van der Waals surface area contributed by atoms with E-state index in [1.54, 1.807) is 0 Å². The molecule has 0 amide bonds. The van der Waals surface area contributed by atoms with Gasteiger partial charge in [0.15, 0.2) is 0 Å². The highest BCUT2D eigenvalue weighted by molar-refractivity contribution is 5.98. The van der Waals surface area contributed by atoms with E-state index in [1.807, 2.05) is 20.8 Å². The number of hydrogen-bond donors (Lipinski definition) is 0. The fourth-order valence-corrected chi connectivity index (χ4v) is 0.889. The Morgan fingerprint density at radius 1 is 1.55 bits per heavy atom. The molecule has 0 aromatic heterocycles. The lowest BCUT2D eigenvalue weighted by Crippen LogP contribution is -2.39. The molecule has 3 nitrogen and oxygen atoms in total. The summed E-state index contributed by atoms with van der Waals surface area (Å²) in [4.78, 5) is 10.6. The van der Waals surface area contributed by atoms with Gasteiger partial charge in [0, 0.05) is 6.92 Å². The van der Waals surface area contributed by atoms with Gasteiger partial charge in [0.05, 0.1) is 5.60 Å². The highest BCUT2D eigenvalue weighted by Gasteiger charge is 2.26. The number of carbonyl (C=O) groups excluding carboxylic acids is 1. The summed E-state index contributed by atoms with van der Waals surface area (Å²) in [5, 5.41) is 0. The van der Waals surface area contributed by atoms with Crippen LogP contribution in [0.5, 0.6) is 0 Å². The standard InChI is InChI=1S/C7H16O3Si/c1-5(9-6(2)8)7(3,4)10-11/h5H,1-4,11H3. The lowest BCUT2D eigenvalue weighted by molar-refractivity contribution is -0.154. The number of ether oxygens (including phenoxy) is 1. The third-order valence-electron chi connectivity index (χ3n) is 1.85. The van der Waals surface area contributed by atoms with Gasteiger partial charge in [-0.2, -0.15) is 0 Å². The molecule has 0 N–H and O–H groups in total. The molecule has 0 spiro atoms. The highest BCUT2D eigenvalue weighted by atomic mass is 28.2. The maximum atomic E-state index is 10.6. The zero-order valence-electron chi connectivity index (χ0n) is 7.80. The van der Waals surface area contributed by atoms with Gasteiger partial charge in [-0.05, 0) is 20.8 Å². The van der Waals surface area contributed by atoms with Crippen molar-refractivity contribution >= 4 is 16.5 Å². The maximum absolute atomic E-state index is 10.6. The molecule has 0 bridgehead atoms. The normalized spacial score (nSPS) is 14.5. The van der Waals surface area contributed by atoms with Crippen LogP contribution in [0.1, 0.15) is 27.7 Å². The topological polar surface area (TPSA) is 35.5 Å². The first-order valence-corrected chi connectivity index (χ1v) is 4.44. The van der Waals surface area contributed by atoms with Crippen molar-refractivity contribution in [2.24, 2.45) is 0 Å². The summed E-state index contributed by atoms with van der Waals surface area (Å²) in [5.74, 6) is -0.260. The van der Waals surface area contributed by atoms with Gasteiger partial charge in [0.25, 0.3) is 0 Å². The van der Waals surface area contributed by atoms with Gasteiger partial charge in [-0.15, -0.1) is 0 Å². The van der Waals surface area contributed by atoms with Crippen LogP contribution in [0.15, 0.2) is 0 Å². The average Bonchev–Trinajstić information content (AvgIpc) is 1.86. The van der Waals surface area contributed by atoms with Crippen molar-refractivity contribution in [3.05, 3.63) is 0 Å². The molecule has 0 aliphatic carbocycles. The molecule has 1 atom stereocenters. The van der Waals surface area contributed by atoms with Crippen molar-refractivity contribution in [2.75, 3.05) is 0 Å². The Hall–Kier alpha value is -0.353. The minimum absolute atomic E-state index is 0.183.